The summed E-state index contributed by atoms with van der Waals surface area (Å²) < 4.78 is 13.1. The molecular formula is C21H25FN2O2. The zero-order valence-corrected chi connectivity index (χ0v) is 14.8. The summed E-state index contributed by atoms with van der Waals surface area (Å²) in [6.07, 6.45) is 3.55. The highest BCUT2D eigenvalue weighted by molar-refractivity contribution is 5.94. The van der Waals surface area contributed by atoms with Crippen LogP contribution in [0.2, 0.25) is 0 Å². The first-order valence-corrected chi connectivity index (χ1v) is 9.15. The van der Waals surface area contributed by atoms with Gasteiger partial charge in [0.05, 0.1) is 6.04 Å². The van der Waals surface area contributed by atoms with Crippen molar-refractivity contribution in [3.8, 4) is 0 Å². The van der Waals surface area contributed by atoms with Crippen molar-refractivity contribution in [1.29, 1.82) is 0 Å². The number of nitrogens with one attached hydrogen (secondary N) is 1. The SMILES string of the molecule is O=C(Nc1ccc(CCO)cc1)C1CCCCN1Cc1ccc(F)cc1. The van der Waals surface area contributed by atoms with Crippen LogP contribution in [-0.4, -0.2) is 35.1 Å². The molecule has 3 rings (SSSR count). The van der Waals surface area contributed by atoms with Gasteiger partial charge in [-0.1, -0.05) is 30.7 Å². The van der Waals surface area contributed by atoms with Crippen LogP contribution in [0.5, 0.6) is 0 Å². The molecule has 2 aromatic carbocycles. The van der Waals surface area contributed by atoms with Gasteiger partial charge >= 0.3 is 0 Å². The number of anilines is 1. The molecule has 1 heterocycles. The van der Waals surface area contributed by atoms with E-state index >= 15 is 0 Å². The fourth-order valence-electron chi connectivity index (χ4n) is 3.41. The number of benzene rings is 2. The third-order valence-electron chi connectivity index (χ3n) is 4.84. The summed E-state index contributed by atoms with van der Waals surface area (Å²) in [6, 6.07) is 13.9. The maximum Gasteiger partial charge on any atom is 0.241 e. The van der Waals surface area contributed by atoms with Crippen molar-refractivity contribution in [2.24, 2.45) is 0 Å². The number of carbonyl (C=O) groups is 1. The number of carbonyl (C=O) groups excluding carboxylic acids is 1. The van der Waals surface area contributed by atoms with Crippen LogP contribution in [0.25, 0.3) is 0 Å². The van der Waals surface area contributed by atoms with E-state index in [1.165, 1.54) is 12.1 Å². The molecule has 26 heavy (non-hydrogen) atoms. The number of likely N-dealkylation sites (tertiary alicyclic amines) is 1. The molecule has 4 nitrogen and oxygen atoms in total. The molecule has 1 fully saturated rings. The lowest BCUT2D eigenvalue weighted by molar-refractivity contribution is -0.122. The maximum absolute atomic E-state index is 13.1. The van der Waals surface area contributed by atoms with Crippen molar-refractivity contribution >= 4 is 11.6 Å². The zero-order chi connectivity index (χ0) is 18.4. The van der Waals surface area contributed by atoms with Crippen LogP contribution in [0.1, 0.15) is 30.4 Å². The monoisotopic (exact) mass is 356 g/mol. The number of aliphatic hydroxyl groups is 1. The third kappa shape index (κ3) is 4.90. The molecule has 0 radical (unpaired) electrons. The molecule has 1 amide bonds. The molecule has 0 bridgehead atoms. The number of aliphatic hydroxyl groups excluding tert-OH is 1. The number of halogens is 1. The molecule has 1 aliphatic rings. The largest absolute Gasteiger partial charge is 0.396 e. The minimum Gasteiger partial charge on any atom is -0.396 e. The average molecular weight is 356 g/mol. The van der Waals surface area contributed by atoms with Crippen molar-refractivity contribution in [2.75, 3.05) is 18.5 Å². The molecular weight excluding hydrogens is 331 g/mol. The zero-order valence-electron chi connectivity index (χ0n) is 14.8. The van der Waals surface area contributed by atoms with Gasteiger partial charge in [-0.15, -0.1) is 0 Å². The Morgan fingerprint density at radius 2 is 1.77 bits per heavy atom. The summed E-state index contributed by atoms with van der Waals surface area (Å²) in [5.74, 6) is -0.243. The Hall–Kier alpha value is -2.24. The molecule has 138 valence electrons. The molecule has 0 spiro atoms. The first kappa shape index (κ1) is 18.5. The molecule has 1 aliphatic heterocycles. The molecule has 0 aliphatic carbocycles. The van der Waals surface area contributed by atoms with Crippen molar-refractivity contribution < 1.29 is 14.3 Å². The van der Waals surface area contributed by atoms with Crippen molar-refractivity contribution in [2.45, 2.75) is 38.3 Å². The Labute approximate surface area is 153 Å². The van der Waals surface area contributed by atoms with Gasteiger partial charge in [0, 0.05) is 18.8 Å². The number of nitrogens with zero attached hydrogens (tertiary/aromatic N) is 1. The highest BCUT2D eigenvalue weighted by Gasteiger charge is 2.28. The fourth-order valence-corrected chi connectivity index (χ4v) is 3.41. The smallest absolute Gasteiger partial charge is 0.241 e. The predicted molar refractivity (Wildman–Crippen MR) is 100 cm³/mol. The second-order valence-electron chi connectivity index (χ2n) is 6.77. The molecule has 5 heteroatoms. The van der Waals surface area contributed by atoms with E-state index in [2.05, 4.69) is 10.2 Å². The van der Waals surface area contributed by atoms with E-state index in [1.54, 1.807) is 12.1 Å². The van der Waals surface area contributed by atoms with Gasteiger partial charge in [0.25, 0.3) is 0 Å². The molecule has 1 atom stereocenters. The number of piperidine rings is 1. The fraction of sp³-hybridized carbons (Fsp3) is 0.381. The topological polar surface area (TPSA) is 52.6 Å². The Morgan fingerprint density at radius 3 is 2.46 bits per heavy atom. The number of amides is 1. The van der Waals surface area contributed by atoms with Gasteiger partial charge in [-0.05, 0) is 61.2 Å². The Morgan fingerprint density at radius 1 is 1.08 bits per heavy atom. The highest BCUT2D eigenvalue weighted by atomic mass is 19.1. The van der Waals surface area contributed by atoms with Crippen molar-refractivity contribution in [3.05, 3.63) is 65.5 Å². The highest BCUT2D eigenvalue weighted by Crippen LogP contribution is 2.21. The average Bonchev–Trinajstić information content (AvgIpc) is 2.66. The van der Waals surface area contributed by atoms with E-state index in [0.717, 1.165) is 42.6 Å². The Bertz CT molecular complexity index is 716. The van der Waals surface area contributed by atoms with Gasteiger partial charge < -0.3 is 10.4 Å². The molecule has 1 saturated heterocycles. The summed E-state index contributed by atoms with van der Waals surface area (Å²) in [4.78, 5) is 15.0. The third-order valence-corrected chi connectivity index (χ3v) is 4.84. The van der Waals surface area contributed by atoms with Crippen molar-refractivity contribution in [1.82, 2.24) is 4.90 Å². The molecule has 2 aromatic rings. The molecule has 0 saturated carbocycles. The van der Waals surface area contributed by atoms with Crippen LogP contribution in [0, 0.1) is 5.82 Å². The lowest BCUT2D eigenvalue weighted by Crippen LogP contribution is -2.46. The molecule has 0 aromatic heterocycles. The minimum atomic E-state index is -0.244. The standard InChI is InChI=1S/C21H25FN2O2/c22-18-8-4-17(5-9-18)15-24-13-2-1-3-20(24)21(26)23-19-10-6-16(7-11-19)12-14-25/h4-11,20,25H,1-3,12-15H2,(H,23,26). The van der Waals surface area contributed by atoms with Gasteiger partial charge in [-0.2, -0.15) is 0 Å². The summed E-state index contributed by atoms with van der Waals surface area (Å²) in [5.41, 5.74) is 2.82. The van der Waals surface area contributed by atoms with Crippen LogP contribution < -0.4 is 5.32 Å². The van der Waals surface area contributed by atoms with E-state index in [9.17, 15) is 9.18 Å². The van der Waals surface area contributed by atoms with E-state index < -0.39 is 0 Å². The summed E-state index contributed by atoms with van der Waals surface area (Å²) in [6.45, 7) is 1.63. The molecule has 1 unspecified atom stereocenters. The van der Waals surface area contributed by atoms with Crippen LogP contribution in [0.15, 0.2) is 48.5 Å². The molecule has 2 N–H and O–H groups in total. The van der Waals surface area contributed by atoms with E-state index in [-0.39, 0.29) is 24.4 Å². The van der Waals surface area contributed by atoms with E-state index in [1.807, 2.05) is 24.3 Å². The predicted octanol–water partition coefficient (Wildman–Crippen LogP) is 3.35. The lowest BCUT2D eigenvalue weighted by Gasteiger charge is -2.34. The number of rotatable bonds is 6. The first-order chi connectivity index (χ1) is 12.7. The summed E-state index contributed by atoms with van der Waals surface area (Å²) in [7, 11) is 0. The van der Waals surface area contributed by atoms with E-state index in [4.69, 9.17) is 5.11 Å². The van der Waals surface area contributed by atoms with Gasteiger partial charge in [-0.3, -0.25) is 9.69 Å². The van der Waals surface area contributed by atoms with Gasteiger partial charge in [0.2, 0.25) is 5.91 Å². The second-order valence-corrected chi connectivity index (χ2v) is 6.77. The first-order valence-electron chi connectivity index (χ1n) is 9.15. The Kier molecular flexibility index (Phi) is 6.36. The van der Waals surface area contributed by atoms with E-state index in [0.29, 0.717) is 13.0 Å². The second kappa shape index (κ2) is 8.92. The number of hydrogen-bond donors (Lipinski definition) is 2. The normalized spacial score (nSPS) is 17.8. The quantitative estimate of drug-likeness (QED) is 0.835. The van der Waals surface area contributed by atoms with Crippen LogP contribution in [0.3, 0.4) is 0 Å². The summed E-state index contributed by atoms with van der Waals surface area (Å²) >= 11 is 0. The van der Waals surface area contributed by atoms with Gasteiger partial charge in [-0.25, -0.2) is 4.39 Å². The van der Waals surface area contributed by atoms with Gasteiger partial charge in [0.1, 0.15) is 5.82 Å². The number of hydrogen-bond acceptors (Lipinski definition) is 3. The maximum atomic E-state index is 13.1. The Balaban J connectivity index is 1.64. The van der Waals surface area contributed by atoms with Crippen molar-refractivity contribution in [3.63, 3.8) is 0 Å². The van der Waals surface area contributed by atoms with Crippen LogP contribution in [0.4, 0.5) is 10.1 Å². The van der Waals surface area contributed by atoms with Crippen LogP contribution >= 0.6 is 0 Å². The van der Waals surface area contributed by atoms with Gasteiger partial charge in [0.15, 0.2) is 0 Å². The minimum absolute atomic E-state index is 0.00159. The van der Waals surface area contributed by atoms with Crippen LogP contribution in [-0.2, 0) is 17.8 Å². The summed E-state index contributed by atoms with van der Waals surface area (Å²) in [5, 5.41) is 12.0. The lowest BCUT2D eigenvalue weighted by atomic mass is 10.00.